The van der Waals surface area contributed by atoms with E-state index in [0.29, 0.717) is 0 Å². The summed E-state index contributed by atoms with van der Waals surface area (Å²) in [6.45, 7) is 1.73. The fourth-order valence-corrected chi connectivity index (χ4v) is 1.96. The van der Waals surface area contributed by atoms with Gasteiger partial charge in [0.1, 0.15) is 5.75 Å². The maximum absolute atomic E-state index is 11.3. The molecule has 0 aliphatic rings. The number of hydrogen-bond donors (Lipinski definition) is 1. The smallest absolute Gasteiger partial charge is 0.307 e. The van der Waals surface area contributed by atoms with E-state index in [9.17, 15) is 9.90 Å². The van der Waals surface area contributed by atoms with Crippen LogP contribution in [0.3, 0.4) is 0 Å². The predicted molar refractivity (Wildman–Crippen MR) is 73.6 cm³/mol. The fraction of sp³-hybridized carbons (Fsp3) is 0.308. The molecule has 0 saturated carbocycles. The van der Waals surface area contributed by atoms with E-state index in [0.717, 1.165) is 9.13 Å². The van der Waals surface area contributed by atoms with Crippen molar-refractivity contribution in [2.45, 2.75) is 19.3 Å². The van der Waals surface area contributed by atoms with Crippen molar-refractivity contribution in [2.75, 3.05) is 7.11 Å². The minimum absolute atomic E-state index is 0.193. The zero-order valence-corrected chi connectivity index (χ0v) is 11.8. The molecule has 0 radical (unpaired) electrons. The largest absolute Gasteiger partial charge is 0.507 e. The second-order valence-corrected chi connectivity index (χ2v) is 4.60. The summed E-state index contributed by atoms with van der Waals surface area (Å²) in [5.41, 5.74) is 0.909. The molecule has 0 heterocycles. The van der Waals surface area contributed by atoms with Crippen LogP contribution < -0.4 is 0 Å². The number of halogens is 1. The molecule has 3 nitrogen and oxygen atoms in total. The number of methoxy groups -OCH3 is 1. The lowest BCUT2D eigenvalue weighted by molar-refractivity contribution is -0.140. The Morgan fingerprint density at radius 1 is 1.59 bits per heavy atom. The first-order chi connectivity index (χ1) is 8.08. The highest BCUT2D eigenvalue weighted by Crippen LogP contribution is 2.26. The second-order valence-electron chi connectivity index (χ2n) is 3.44. The predicted octanol–water partition coefficient (Wildman–Crippen LogP) is 2.67. The topological polar surface area (TPSA) is 46.5 Å². The monoisotopic (exact) mass is 344 g/mol. The van der Waals surface area contributed by atoms with E-state index in [1.165, 1.54) is 7.11 Å². The summed E-state index contributed by atoms with van der Waals surface area (Å²) in [6, 6.07) is 5.21. The van der Waals surface area contributed by atoms with Crippen LogP contribution in [-0.4, -0.2) is 18.2 Å². The van der Waals surface area contributed by atoms with Gasteiger partial charge in [-0.05, 0) is 47.2 Å². The molecule has 17 heavy (non-hydrogen) atoms. The SMILES string of the molecule is CC#C[C@@H](CC(=O)OC)c1ccc(O)c(I)c1. The first kappa shape index (κ1) is 13.8. The second kappa shape index (κ2) is 6.50. The van der Waals surface area contributed by atoms with Gasteiger partial charge in [-0.25, -0.2) is 0 Å². The maximum Gasteiger partial charge on any atom is 0.307 e. The Hall–Kier alpha value is -1.22. The van der Waals surface area contributed by atoms with Crippen LogP contribution in [0.2, 0.25) is 0 Å². The Bertz CT molecular complexity index is 471. The van der Waals surface area contributed by atoms with Crippen molar-refractivity contribution < 1.29 is 14.6 Å². The molecule has 0 amide bonds. The number of benzene rings is 1. The van der Waals surface area contributed by atoms with Crippen molar-refractivity contribution in [1.82, 2.24) is 0 Å². The molecule has 0 saturated heterocycles. The highest BCUT2D eigenvalue weighted by molar-refractivity contribution is 14.1. The summed E-state index contributed by atoms with van der Waals surface area (Å²) < 4.78 is 5.39. The van der Waals surface area contributed by atoms with E-state index in [1.807, 2.05) is 28.7 Å². The molecule has 1 rings (SSSR count). The van der Waals surface area contributed by atoms with E-state index in [2.05, 4.69) is 16.6 Å². The molecule has 0 unspecified atom stereocenters. The van der Waals surface area contributed by atoms with Crippen molar-refractivity contribution in [1.29, 1.82) is 0 Å². The molecular formula is C13H13IO3. The number of hydrogen-bond acceptors (Lipinski definition) is 3. The number of ether oxygens (including phenoxy) is 1. The van der Waals surface area contributed by atoms with E-state index in [4.69, 9.17) is 0 Å². The molecule has 0 aliphatic heterocycles. The van der Waals surface area contributed by atoms with Crippen LogP contribution in [0.5, 0.6) is 5.75 Å². The van der Waals surface area contributed by atoms with Crippen LogP contribution in [0.15, 0.2) is 18.2 Å². The quantitative estimate of drug-likeness (QED) is 0.521. The Labute approximate surface area is 114 Å². The zero-order valence-electron chi connectivity index (χ0n) is 9.66. The normalized spacial score (nSPS) is 11.2. The van der Waals surface area contributed by atoms with Crippen LogP contribution in [0.4, 0.5) is 0 Å². The standard InChI is InChI=1S/C13H13IO3/c1-3-4-9(8-13(16)17-2)10-5-6-12(15)11(14)7-10/h5-7,9,15H,8H2,1-2H3/t9-/m0/s1. The van der Waals surface area contributed by atoms with Crippen LogP contribution in [-0.2, 0) is 9.53 Å². The Morgan fingerprint density at radius 3 is 2.82 bits per heavy atom. The lowest BCUT2D eigenvalue weighted by atomic mass is 9.96. The summed E-state index contributed by atoms with van der Waals surface area (Å²) in [5, 5.41) is 9.45. The van der Waals surface area contributed by atoms with Crippen molar-refractivity contribution in [2.24, 2.45) is 0 Å². The van der Waals surface area contributed by atoms with Gasteiger partial charge in [0.05, 0.1) is 23.0 Å². The maximum atomic E-state index is 11.3. The number of phenols is 1. The summed E-state index contributed by atoms with van der Waals surface area (Å²) in [6.07, 6.45) is 0.220. The van der Waals surface area contributed by atoms with E-state index in [-0.39, 0.29) is 24.1 Å². The third kappa shape index (κ3) is 3.93. The molecule has 0 bridgehead atoms. The third-order valence-corrected chi connectivity index (χ3v) is 3.16. The number of esters is 1. The summed E-state index contributed by atoms with van der Waals surface area (Å²) in [5.74, 6) is 5.53. The molecule has 1 aromatic rings. The van der Waals surface area contributed by atoms with E-state index >= 15 is 0 Å². The first-order valence-electron chi connectivity index (χ1n) is 5.06. The van der Waals surface area contributed by atoms with Crippen molar-refractivity contribution in [3.63, 3.8) is 0 Å². The Kier molecular flexibility index (Phi) is 5.29. The van der Waals surface area contributed by atoms with Gasteiger partial charge in [0, 0.05) is 0 Å². The van der Waals surface area contributed by atoms with E-state index in [1.54, 1.807) is 19.1 Å². The average molecular weight is 344 g/mol. The van der Waals surface area contributed by atoms with Crippen LogP contribution >= 0.6 is 22.6 Å². The van der Waals surface area contributed by atoms with Crippen LogP contribution in [0.1, 0.15) is 24.8 Å². The molecular weight excluding hydrogens is 331 g/mol. The van der Waals surface area contributed by atoms with Crippen molar-refractivity contribution in [3.8, 4) is 17.6 Å². The minimum atomic E-state index is -0.291. The molecule has 0 aromatic heterocycles. The number of rotatable bonds is 3. The molecule has 0 spiro atoms. The van der Waals surface area contributed by atoms with Gasteiger partial charge in [0.2, 0.25) is 0 Å². The number of carbonyl (C=O) groups is 1. The minimum Gasteiger partial charge on any atom is -0.507 e. The Morgan fingerprint density at radius 2 is 2.29 bits per heavy atom. The van der Waals surface area contributed by atoms with Crippen molar-refractivity contribution >= 4 is 28.6 Å². The molecule has 1 aromatic carbocycles. The van der Waals surface area contributed by atoms with Gasteiger partial charge in [-0.2, -0.15) is 0 Å². The van der Waals surface area contributed by atoms with Gasteiger partial charge >= 0.3 is 5.97 Å². The van der Waals surface area contributed by atoms with Gasteiger partial charge < -0.3 is 9.84 Å². The summed E-state index contributed by atoms with van der Waals surface area (Å²) in [7, 11) is 1.36. The van der Waals surface area contributed by atoms with Gasteiger partial charge in [-0.1, -0.05) is 12.0 Å². The van der Waals surface area contributed by atoms with Crippen molar-refractivity contribution in [3.05, 3.63) is 27.3 Å². The van der Waals surface area contributed by atoms with Gasteiger partial charge in [-0.15, -0.1) is 5.92 Å². The summed E-state index contributed by atoms with van der Waals surface area (Å²) in [4.78, 5) is 11.3. The average Bonchev–Trinajstić information content (AvgIpc) is 2.32. The van der Waals surface area contributed by atoms with Gasteiger partial charge in [0.25, 0.3) is 0 Å². The number of aromatic hydroxyl groups is 1. The first-order valence-corrected chi connectivity index (χ1v) is 6.14. The summed E-state index contributed by atoms with van der Waals surface area (Å²) >= 11 is 2.04. The lowest BCUT2D eigenvalue weighted by Crippen LogP contribution is -2.07. The highest BCUT2D eigenvalue weighted by Gasteiger charge is 2.15. The van der Waals surface area contributed by atoms with E-state index < -0.39 is 0 Å². The third-order valence-electron chi connectivity index (χ3n) is 2.29. The fourth-order valence-electron chi connectivity index (χ4n) is 1.42. The van der Waals surface area contributed by atoms with Gasteiger partial charge in [-0.3, -0.25) is 4.79 Å². The van der Waals surface area contributed by atoms with Gasteiger partial charge in [0.15, 0.2) is 0 Å². The molecule has 1 atom stereocenters. The number of carbonyl (C=O) groups excluding carboxylic acids is 1. The molecule has 4 heteroatoms. The molecule has 0 fully saturated rings. The lowest BCUT2D eigenvalue weighted by Gasteiger charge is -2.10. The Balaban J connectivity index is 2.99. The highest BCUT2D eigenvalue weighted by atomic mass is 127. The number of phenolic OH excluding ortho intramolecular Hbond substituents is 1. The van der Waals surface area contributed by atoms with Crippen LogP contribution in [0.25, 0.3) is 0 Å². The molecule has 90 valence electrons. The van der Waals surface area contributed by atoms with Crippen LogP contribution in [0, 0.1) is 15.4 Å². The zero-order chi connectivity index (χ0) is 12.8. The molecule has 1 N–H and O–H groups in total. The molecule has 0 aliphatic carbocycles.